The Morgan fingerprint density at radius 3 is 2.79 bits per heavy atom. The van der Waals surface area contributed by atoms with Crippen LogP contribution in [0.5, 0.6) is 0 Å². The fourth-order valence-corrected chi connectivity index (χ4v) is 2.28. The molecular weight excluding hydrogens is 239 g/mol. The molecule has 0 amide bonds. The highest BCUT2D eigenvalue weighted by Crippen LogP contribution is 2.22. The van der Waals surface area contributed by atoms with Crippen molar-refractivity contribution in [2.24, 2.45) is 0 Å². The first-order valence-corrected chi connectivity index (χ1v) is 6.54. The average Bonchev–Trinajstić information content (AvgIpc) is 2.44. The van der Waals surface area contributed by atoms with E-state index in [4.69, 9.17) is 0 Å². The molecule has 0 aliphatic rings. The van der Waals surface area contributed by atoms with Gasteiger partial charge in [0.25, 0.3) is 0 Å². The molecule has 0 radical (unpaired) electrons. The average molecular weight is 258 g/mol. The Hall–Kier alpha value is -1.74. The first-order valence-electron chi connectivity index (χ1n) is 6.54. The van der Waals surface area contributed by atoms with Crippen LogP contribution in [0, 0.1) is 12.7 Å². The van der Waals surface area contributed by atoms with Gasteiger partial charge in [-0.3, -0.25) is 4.98 Å². The molecule has 0 saturated heterocycles. The van der Waals surface area contributed by atoms with E-state index in [1.807, 2.05) is 38.2 Å². The molecule has 2 rings (SSSR count). The van der Waals surface area contributed by atoms with E-state index in [1.165, 1.54) is 6.07 Å². The second kappa shape index (κ2) is 6.43. The number of nitrogens with zero attached hydrogens (tertiary/aromatic N) is 1. The SMILES string of the molecule is CNC(CCc1ccccn1)c1cc(F)ccc1C. The molecule has 0 aliphatic heterocycles. The normalized spacial score (nSPS) is 12.4. The molecule has 0 saturated carbocycles. The van der Waals surface area contributed by atoms with Gasteiger partial charge in [0.2, 0.25) is 0 Å². The van der Waals surface area contributed by atoms with Gasteiger partial charge in [0.15, 0.2) is 0 Å². The highest BCUT2D eigenvalue weighted by atomic mass is 19.1. The third-order valence-electron chi connectivity index (χ3n) is 3.38. The number of nitrogens with one attached hydrogen (secondary N) is 1. The van der Waals surface area contributed by atoms with E-state index in [0.717, 1.165) is 29.7 Å². The third-order valence-corrected chi connectivity index (χ3v) is 3.38. The summed E-state index contributed by atoms with van der Waals surface area (Å²) in [6, 6.07) is 11.0. The third kappa shape index (κ3) is 3.61. The summed E-state index contributed by atoms with van der Waals surface area (Å²) in [4.78, 5) is 4.32. The highest BCUT2D eigenvalue weighted by Gasteiger charge is 2.13. The summed E-state index contributed by atoms with van der Waals surface area (Å²) in [5, 5.41) is 3.26. The van der Waals surface area contributed by atoms with E-state index in [0.29, 0.717) is 0 Å². The largest absolute Gasteiger partial charge is 0.313 e. The van der Waals surface area contributed by atoms with Gasteiger partial charge in [0, 0.05) is 17.9 Å². The monoisotopic (exact) mass is 258 g/mol. The summed E-state index contributed by atoms with van der Waals surface area (Å²) in [5.41, 5.74) is 3.21. The first kappa shape index (κ1) is 13.7. The Morgan fingerprint density at radius 1 is 1.26 bits per heavy atom. The lowest BCUT2D eigenvalue weighted by Crippen LogP contribution is -2.18. The second-order valence-corrected chi connectivity index (χ2v) is 4.70. The summed E-state index contributed by atoms with van der Waals surface area (Å²) in [6.45, 7) is 2.01. The number of aromatic nitrogens is 1. The minimum Gasteiger partial charge on any atom is -0.313 e. The Kier molecular flexibility index (Phi) is 4.63. The fraction of sp³-hybridized carbons (Fsp3) is 0.312. The van der Waals surface area contributed by atoms with Crippen LogP contribution in [0.1, 0.15) is 29.3 Å². The number of aryl methyl sites for hydroxylation is 2. The molecule has 0 aliphatic carbocycles. The van der Waals surface area contributed by atoms with Gasteiger partial charge in [-0.05, 0) is 62.2 Å². The van der Waals surface area contributed by atoms with Crippen molar-refractivity contribution in [3.8, 4) is 0 Å². The summed E-state index contributed by atoms with van der Waals surface area (Å²) < 4.78 is 13.4. The zero-order valence-electron chi connectivity index (χ0n) is 11.4. The number of hydrogen-bond donors (Lipinski definition) is 1. The molecule has 19 heavy (non-hydrogen) atoms. The summed E-state index contributed by atoms with van der Waals surface area (Å²) in [6.07, 6.45) is 3.58. The predicted molar refractivity (Wildman–Crippen MR) is 75.5 cm³/mol. The van der Waals surface area contributed by atoms with Crippen molar-refractivity contribution >= 4 is 0 Å². The first-order chi connectivity index (χ1) is 9.20. The Labute approximate surface area is 113 Å². The molecule has 2 aromatic rings. The minimum atomic E-state index is -0.182. The van der Waals surface area contributed by atoms with Crippen LogP contribution in [-0.4, -0.2) is 12.0 Å². The zero-order chi connectivity index (χ0) is 13.7. The molecule has 1 aromatic carbocycles. The number of rotatable bonds is 5. The lowest BCUT2D eigenvalue weighted by atomic mass is 9.96. The van der Waals surface area contributed by atoms with Gasteiger partial charge >= 0.3 is 0 Å². The number of hydrogen-bond acceptors (Lipinski definition) is 2. The van der Waals surface area contributed by atoms with Crippen LogP contribution >= 0.6 is 0 Å². The van der Waals surface area contributed by atoms with Crippen LogP contribution in [-0.2, 0) is 6.42 Å². The van der Waals surface area contributed by atoms with Gasteiger partial charge in [-0.1, -0.05) is 12.1 Å². The summed E-state index contributed by atoms with van der Waals surface area (Å²) in [7, 11) is 1.91. The van der Waals surface area contributed by atoms with Gasteiger partial charge in [-0.25, -0.2) is 4.39 Å². The maximum Gasteiger partial charge on any atom is 0.123 e. The van der Waals surface area contributed by atoms with Crippen molar-refractivity contribution in [1.82, 2.24) is 10.3 Å². The predicted octanol–water partition coefficient (Wildman–Crippen LogP) is 3.42. The molecule has 1 heterocycles. The number of benzene rings is 1. The minimum absolute atomic E-state index is 0.151. The highest BCUT2D eigenvalue weighted by molar-refractivity contribution is 5.29. The molecule has 0 fully saturated rings. The van der Waals surface area contributed by atoms with E-state index in [-0.39, 0.29) is 11.9 Å². The van der Waals surface area contributed by atoms with Crippen LogP contribution in [0.3, 0.4) is 0 Å². The standard InChI is InChI=1S/C16H19FN2/c1-12-6-7-13(17)11-15(12)16(18-2)9-8-14-5-3-4-10-19-14/h3-7,10-11,16,18H,8-9H2,1-2H3. The molecule has 0 bridgehead atoms. The van der Waals surface area contributed by atoms with Crippen molar-refractivity contribution in [3.63, 3.8) is 0 Å². The van der Waals surface area contributed by atoms with Gasteiger partial charge in [-0.2, -0.15) is 0 Å². The van der Waals surface area contributed by atoms with Crippen molar-refractivity contribution in [1.29, 1.82) is 0 Å². The molecule has 2 nitrogen and oxygen atoms in total. The molecule has 1 unspecified atom stereocenters. The molecule has 1 N–H and O–H groups in total. The summed E-state index contributed by atoms with van der Waals surface area (Å²) >= 11 is 0. The smallest absolute Gasteiger partial charge is 0.123 e. The van der Waals surface area contributed by atoms with Crippen LogP contribution < -0.4 is 5.32 Å². The quantitative estimate of drug-likeness (QED) is 0.888. The molecular formula is C16H19FN2. The van der Waals surface area contributed by atoms with Crippen molar-refractivity contribution in [2.45, 2.75) is 25.8 Å². The van der Waals surface area contributed by atoms with Gasteiger partial charge < -0.3 is 5.32 Å². The van der Waals surface area contributed by atoms with Gasteiger partial charge in [0.1, 0.15) is 5.82 Å². The van der Waals surface area contributed by atoms with Crippen LogP contribution in [0.2, 0.25) is 0 Å². The second-order valence-electron chi connectivity index (χ2n) is 4.70. The van der Waals surface area contributed by atoms with Gasteiger partial charge in [-0.15, -0.1) is 0 Å². The van der Waals surface area contributed by atoms with E-state index in [1.54, 1.807) is 12.3 Å². The van der Waals surface area contributed by atoms with Crippen molar-refractivity contribution in [3.05, 3.63) is 65.2 Å². The lowest BCUT2D eigenvalue weighted by molar-refractivity contribution is 0.536. The van der Waals surface area contributed by atoms with E-state index < -0.39 is 0 Å². The number of halogens is 1. The van der Waals surface area contributed by atoms with Gasteiger partial charge in [0.05, 0.1) is 0 Å². The Balaban J connectivity index is 2.10. The van der Waals surface area contributed by atoms with Crippen LogP contribution in [0.4, 0.5) is 4.39 Å². The molecule has 1 aromatic heterocycles. The molecule has 100 valence electrons. The van der Waals surface area contributed by atoms with Crippen molar-refractivity contribution in [2.75, 3.05) is 7.05 Å². The maximum absolute atomic E-state index is 13.4. The lowest BCUT2D eigenvalue weighted by Gasteiger charge is -2.18. The van der Waals surface area contributed by atoms with Crippen molar-refractivity contribution < 1.29 is 4.39 Å². The Bertz CT molecular complexity index is 526. The molecule has 0 spiro atoms. The Morgan fingerprint density at radius 2 is 2.11 bits per heavy atom. The van der Waals surface area contributed by atoms with Crippen LogP contribution in [0.25, 0.3) is 0 Å². The number of pyridine rings is 1. The summed E-state index contributed by atoms with van der Waals surface area (Å²) in [5.74, 6) is -0.182. The van der Waals surface area contributed by atoms with E-state index in [2.05, 4.69) is 10.3 Å². The topological polar surface area (TPSA) is 24.9 Å². The molecule has 3 heteroatoms. The van der Waals surface area contributed by atoms with Crippen LogP contribution in [0.15, 0.2) is 42.6 Å². The molecule has 1 atom stereocenters. The fourth-order valence-electron chi connectivity index (χ4n) is 2.28. The van der Waals surface area contributed by atoms with E-state index in [9.17, 15) is 4.39 Å². The zero-order valence-corrected chi connectivity index (χ0v) is 11.4. The van der Waals surface area contributed by atoms with E-state index >= 15 is 0 Å². The maximum atomic E-state index is 13.4.